The molecule has 0 radical (unpaired) electrons. The van der Waals surface area contributed by atoms with Crippen molar-refractivity contribution in [2.45, 2.75) is 11.1 Å². The highest BCUT2D eigenvalue weighted by molar-refractivity contribution is 7.91. The van der Waals surface area contributed by atoms with E-state index in [9.17, 15) is 26.0 Å². The van der Waals surface area contributed by atoms with E-state index in [4.69, 9.17) is 0 Å². The van der Waals surface area contributed by atoms with E-state index in [1.54, 1.807) is 0 Å². The van der Waals surface area contributed by atoms with Crippen LogP contribution in [-0.4, -0.2) is 25.7 Å². The van der Waals surface area contributed by atoms with Gasteiger partial charge in [0.2, 0.25) is 0 Å². The number of anilines is 1. The quantitative estimate of drug-likeness (QED) is 0.662. The molecule has 0 saturated heterocycles. The molecule has 120 valence electrons. The third-order valence-electron chi connectivity index (χ3n) is 2.61. The number of rotatable bonds is 5. The Morgan fingerprint density at radius 2 is 1.82 bits per heavy atom. The number of aromatic nitrogens is 1. The molecule has 0 saturated carbocycles. The molecule has 0 aliphatic rings. The van der Waals surface area contributed by atoms with Crippen molar-refractivity contribution in [2.24, 2.45) is 0 Å². The SMILES string of the molecule is O=S(=O)(CCNc1nc(C(F)(F)F)cs1)c1ccc(F)cc1. The lowest BCUT2D eigenvalue weighted by Gasteiger charge is -2.05. The van der Waals surface area contributed by atoms with Crippen LogP contribution in [0.3, 0.4) is 0 Å². The Kier molecular flexibility index (Phi) is 4.71. The fourth-order valence-corrected chi connectivity index (χ4v) is 3.44. The number of hydrogen-bond acceptors (Lipinski definition) is 5. The van der Waals surface area contributed by atoms with Crippen molar-refractivity contribution in [2.75, 3.05) is 17.6 Å². The summed E-state index contributed by atoms with van der Waals surface area (Å²) in [6, 6.07) is 4.32. The van der Waals surface area contributed by atoms with Gasteiger partial charge < -0.3 is 5.32 Å². The molecular weight excluding hydrogens is 344 g/mol. The topological polar surface area (TPSA) is 59.1 Å². The number of nitrogens with one attached hydrogen (secondary N) is 1. The summed E-state index contributed by atoms with van der Waals surface area (Å²) < 4.78 is 73.7. The minimum absolute atomic E-state index is 0.0124. The number of nitrogens with zero attached hydrogens (tertiary/aromatic N) is 1. The number of thiazole rings is 1. The minimum atomic E-state index is -4.53. The molecule has 1 aromatic carbocycles. The van der Waals surface area contributed by atoms with Crippen LogP contribution in [0.25, 0.3) is 0 Å². The smallest absolute Gasteiger partial charge is 0.360 e. The molecular formula is C12H10F4N2O2S2. The van der Waals surface area contributed by atoms with Crippen molar-refractivity contribution in [1.29, 1.82) is 0 Å². The molecule has 1 heterocycles. The zero-order valence-corrected chi connectivity index (χ0v) is 12.5. The van der Waals surface area contributed by atoms with Crippen LogP contribution in [0.1, 0.15) is 5.69 Å². The van der Waals surface area contributed by atoms with Gasteiger partial charge in [0.25, 0.3) is 0 Å². The molecule has 0 unspecified atom stereocenters. The molecule has 10 heteroatoms. The minimum Gasteiger partial charge on any atom is -0.360 e. The normalized spacial score (nSPS) is 12.4. The summed E-state index contributed by atoms with van der Waals surface area (Å²) in [5, 5.41) is 3.36. The van der Waals surface area contributed by atoms with Crippen LogP contribution in [0.4, 0.5) is 22.7 Å². The van der Waals surface area contributed by atoms with Gasteiger partial charge in [0.05, 0.1) is 10.6 Å². The van der Waals surface area contributed by atoms with Crippen LogP contribution in [-0.2, 0) is 16.0 Å². The second-order valence-corrected chi connectivity index (χ2v) is 7.20. The van der Waals surface area contributed by atoms with E-state index in [1.807, 2.05) is 0 Å². The highest BCUT2D eigenvalue weighted by Gasteiger charge is 2.33. The summed E-state index contributed by atoms with van der Waals surface area (Å²) >= 11 is 0.738. The van der Waals surface area contributed by atoms with Gasteiger partial charge in [0.15, 0.2) is 20.7 Å². The third kappa shape index (κ3) is 4.17. The van der Waals surface area contributed by atoms with Crippen molar-refractivity contribution in [3.63, 3.8) is 0 Å². The molecule has 0 aliphatic carbocycles. The number of halogens is 4. The molecule has 0 atom stereocenters. The first-order valence-corrected chi connectivity index (χ1v) is 8.46. The summed E-state index contributed by atoms with van der Waals surface area (Å²) in [5.41, 5.74) is -1.03. The van der Waals surface area contributed by atoms with Gasteiger partial charge in [-0.1, -0.05) is 0 Å². The van der Waals surface area contributed by atoms with E-state index in [1.165, 1.54) is 0 Å². The lowest BCUT2D eigenvalue weighted by molar-refractivity contribution is -0.140. The maximum Gasteiger partial charge on any atom is 0.434 e. The first-order chi connectivity index (χ1) is 10.2. The lowest BCUT2D eigenvalue weighted by Crippen LogP contribution is -2.16. The molecule has 2 rings (SSSR count). The van der Waals surface area contributed by atoms with Crippen molar-refractivity contribution >= 4 is 26.3 Å². The van der Waals surface area contributed by atoms with Gasteiger partial charge in [-0.2, -0.15) is 13.2 Å². The standard InChI is InChI=1S/C12H10F4N2O2S2/c13-8-1-3-9(4-2-8)22(19,20)6-5-17-11-18-10(7-21-11)12(14,15)16/h1-4,7H,5-6H2,(H,17,18). The predicted octanol–water partition coefficient (Wildman–Crippen LogP) is 3.19. The zero-order chi connectivity index (χ0) is 16.4. The second-order valence-electron chi connectivity index (χ2n) is 4.24. The summed E-state index contributed by atoms with van der Waals surface area (Å²) in [6.07, 6.45) is -4.53. The maximum absolute atomic E-state index is 12.7. The Labute approximate surface area is 127 Å². The molecule has 0 aliphatic heterocycles. The fourth-order valence-electron chi connectivity index (χ4n) is 1.54. The summed E-state index contributed by atoms with van der Waals surface area (Å²) in [4.78, 5) is 3.27. The monoisotopic (exact) mass is 354 g/mol. The Balaban J connectivity index is 1.95. The van der Waals surface area contributed by atoms with Gasteiger partial charge in [0, 0.05) is 11.9 Å². The predicted molar refractivity (Wildman–Crippen MR) is 74.1 cm³/mol. The van der Waals surface area contributed by atoms with E-state index in [2.05, 4.69) is 10.3 Å². The molecule has 0 spiro atoms. The number of benzene rings is 1. The molecule has 0 amide bonds. The summed E-state index contributed by atoms with van der Waals surface area (Å²) in [6.45, 7) is -0.107. The lowest BCUT2D eigenvalue weighted by atomic mass is 10.4. The average Bonchev–Trinajstić information content (AvgIpc) is 2.88. The van der Waals surface area contributed by atoms with Gasteiger partial charge in [0.1, 0.15) is 5.82 Å². The highest BCUT2D eigenvalue weighted by atomic mass is 32.2. The van der Waals surface area contributed by atoms with Gasteiger partial charge in [-0.15, -0.1) is 11.3 Å². The van der Waals surface area contributed by atoms with Crippen molar-refractivity contribution in [1.82, 2.24) is 4.98 Å². The largest absolute Gasteiger partial charge is 0.434 e. The van der Waals surface area contributed by atoms with E-state index in [0.29, 0.717) is 0 Å². The van der Waals surface area contributed by atoms with Crippen LogP contribution in [0.5, 0.6) is 0 Å². The van der Waals surface area contributed by atoms with Crippen LogP contribution in [0, 0.1) is 5.82 Å². The molecule has 0 bridgehead atoms. The molecule has 1 aromatic heterocycles. The highest BCUT2D eigenvalue weighted by Crippen LogP contribution is 2.31. The third-order valence-corrected chi connectivity index (χ3v) is 5.15. The Morgan fingerprint density at radius 1 is 1.18 bits per heavy atom. The van der Waals surface area contributed by atoms with Crippen LogP contribution >= 0.6 is 11.3 Å². The van der Waals surface area contributed by atoms with Gasteiger partial charge in [-0.25, -0.2) is 17.8 Å². The Hall–Kier alpha value is -1.68. The Bertz CT molecular complexity index is 739. The first-order valence-electron chi connectivity index (χ1n) is 5.93. The van der Waals surface area contributed by atoms with Gasteiger partial charge in [-0.3, -0.25) is 0 Å². The molecule has 0 fully saturated rings. The van der Waals surface area contributed by atoms with Crippen molar-refractivity contribution < 1.29 is 26.0 Å². The maximum atomic E-state index is 12.7. The molecule has 22 heavy (non-hydrogen) atoms. The number of sulfone groups is 1. The second kappa shape index (κ2) is 6.21. The Morgan fingerprint density at radius 3 is 2.36 bits per heavy atom. The molecule has 4 nitrogen and oxygen atoms in total. The summed E-state index contributed by atoms with van der Waals surface area (Å²) in [5.74, 6) is -0.904. The van der Waals surface area contributed by atoms with E-state index in [0.717, 1.165) is 41.0 Å². The summed E-state index contributed by atoms with van der Waals surface area (Å²) in [7, 11) is -3.64. The van der Waals surface area contributed by atoms with E-state index < -0.39 is 27.5 Å². The van der Waals surface area contributed by atoms with Gasteiger partial charge in [-0.05, 0) is 24.3 Å². The van der Waals surface area contributed by atoms with Crippen LogP contribution in [0.15, 0.2) is 34.5 Å². The average molecular weight is 354 g/mol. The molecule has 1 N–H and O–H groups in total. The van der Waals surface area contributed by atoms with E-state index in [-0.39, 0.29) is 22.3 Å². The number of alkyl halides is 3. The van der Waals surface area contributed by atoms with Crippen molar-refractivity contribution in [3.05, 3.63) is 41.2 Å². The fraction of sp³-hybridized carbons (Fsp3) is 0.250. The number of hydrogen-bond donors (Lipinski definition) is 1. The van der Waals surface area contributed by atoms with Crippen LogP contribution in [0.2, 0.25) is 0 Å². The van der Waals surface area contributed by atoms with Gasteiger partial charge >= 0.3 is 6.18 Å². The van der Waals surface area contributed by atoms with E-state index >= 15 is 0 Å². The zero-order valence-electron chi connectivity index (χ0n) is 10.9. The molecule has 2 aromatic rings. The van der Waals surface area contributed by atoms with Crippen LogP contribution < -0.4 is 5.32 Å². The van der Waals surface area contributed by atoms with Crippen molar-refractivity contribution in [3.8, 4) is 0 Å². The first kappa shape index (κ1) is 16.7.